The van der Waals surface area contributed by atoms with Gasteiger partial charge in [-0.05, 0) is 60.7 Å². The summed E-state index contributed by atoms with van der Waals surface area (Å²) < 4.78 is 6.18. The second-order valence-corrected chi connectivity index (χ2v) is 7.42. The summed E-state index contributed by atoms with van der Waals surface area (Å²) in [5.41, 5.74) is 1.13. The molecule has 3 rings (SSSR count). The number of hydrogen-bond acceptors (Lipinski definition) is 4. The summed E-state index contributed by atoms with van der Waals surface area (Å²) in [6.07, 6.45) is 1.36. The van der Waals surface area contributed by atoms with Crippen LogP contribution in [0.3, 0.4) is 0 Å². The minimum absolute atomic E-state index is 0.153. The molecule has 148 valence electrons. The zero-order valence-electron chi connectivity index (χ0n) is 15.4. The van der Waals surface area contributed by atoms with Crippen molar-refractivity contribution < 1.29 is 14.3 Å². The zero-order chi connectivity index (χ0) is 21.5. The van der Waals surface area contributed by atoms with Gasteiger partial charge in [0.05, 0.1) is 5.56 Å². The van der Waals surface area contributed by atoms with E-state index < -0.39 is 11.9 Å². The Morgan fingerprint density at radius 3 is 2.40 bits per heavy atom. The SMILES string of the molecule is N#C/C(=C\c1cc(Br)ccc1OC(=O)c1ccccc1)C(=O)Nc1ccc(Cl)cc1. The summed E-state index contributed by atoms with van der Waals surface area (Å²) in [4.78, 5) is 24.9. The van der Waals surface area contributed by atoms with E-state index in [1.807, 2.05) is 6.07 Å². The Hall–Kier alpha value is -3.40. The summed E-state index contributed by atoms with van der Waals surface area (Å²) in [6, 6.07) is 21.9. The van der Waals surface area contributed by atoms with Crippen LogP contribution in [-0.2, 0) is 4.79 Å². The van der Waals surface area contributed by atoms with Crippen LogP contribution in [0.1, 0.15) is 15.9 Å². The second kappa shape index (κ2) is 9.88. The van der Waals surface area contributed by atoms with Crippen LogP contribution in [0.15, 0.2) is 82.8 Å². The van der Waals surface area contributed by atoms with Crippen LogP contribution in [0.25, 0.3) is 6.08 Å². The number of carbonyl (C=O) groups excluding carboxylic acids is 2. The molecule has 0 aromatic heterocycles. The van der Waals surface area contributed by atoms with E-state index in [-0.39, 0.29) is 11.3 Å². The molecule has 0 unspecified atom stereocenters. The Bertz CT molecular complexity index is 1150. The highest BCUT2D eigenvalue weighted by Crippen LogP contribution is 2.27. The molecule has 1 N–H and O–H groups in total. The Kier molecular flexibility index (Phi) is 7.02. The molecule has 0 aliphatic rings. The maximum absolute atomic E-state index is 12.5. The number of esters is 1. The van der Waals surface area contributed by atoms with E-state index in [9.17, 15) is 14.9 Å². The minimum Gasteiger partial charge on any atom is -0.422 e. The number of nitriles is 1. The molecule has 5 nitrogen and oxygen atoms in total. The van der Waals surface area contributed by atoms with Crippen LogP contribution in [0.4, 0.5) is 5.69 Å². The average molecular weight is 482 g/mol. The predicted octanol–water partition coefficient (Wildman–Crippen LogP) is 5.87. The van der Waals surface area contributed by atoms with Gasteiger partial charge in [-0.25, -0.2) is 4.79 Å². The van der Waals surface area contributed by atoms with Crippen molar-refractivity contribution in [1.82, 2.24) is 0 Å². The molecular weight excluding hydrogens is 468 g/mol. The number of carbonyl (C=O) groups is 2. The quantitative estimate of drug-likeness (QED) is 0.214. The first-order valence-corrected chi connectivity index (χ1v) is 9.89. The molecule has 0 bridgehead atoms. The van der Waals surface area contributed by atoms with Gasteiger partial charge in [0.25, 0.3) is 5.91 Å². The van der Waals surface area contributed by atoms with Crippen molar-refractivity contribution in [3.8, 4) is 11.8 Å². The Morgan fingerprint density at radius 2 is 1.73 bits per heavy atom. The highest BCUT2D eigenvalue weighted by atomic mass is 79.9. The maximum atomic E-state index is 12.5. The van der Waals surface area contributed by atoms with Gasteiger partial charge in [0, 0.05) is 20.7 Å². The number of anilines is 1. The number of rotatable bonds is 5. The van der Waals surface area contributed by atoms with Crippen LogP contribution >= 0.6 is 27.5 Å². The van der Waals surface area contributed by atoms with Crippen molar-refractivity contribution in [1.29, 1.82) is 5.26 Å². The van der Waals surface area contributed by atoms with Crippen molar-refractivity contribution in [2.24, 2.45) is 0 Å². The van der Waals surface area contributed by atoms with E-state index in [0.717, 1.165) is 0 Å². The van der Waals surface area contributed by atoms with Crippen LogP contribution in [-0.4, -0.2) is 11.9 Å². The fourth-order valence-corrected chi connectivity index (χ4v) is 3.00. The highest BCUT2D eigenvalue weighted by molar-refractivity contribution is 9.10. The number of nitrogens with zero attached hydrogens (tertiary/aromatic N) is 1. The normalized spacial score (nSPS) is 10.8. The van der Waals surface area contributed by atoms with Crippen molar-refractivity contribution in [2.45, 2.75) is 0 Å². The fourth-order valence-electron chi connectivity index (χ4n) is 2.49. The lowest BCUT2D eigenvalue weighted by Crippen LogP contribution is -2.13. The van der Waals surface area contributed by atoms with Gasteiger partial charge in [0.15, 0.2) is 0 Å². The lowest BCUT2D eigenvalue weighted by molar-refractivity contribution is -0.112. The van der Waals surface area contributed by atoms with Gasteiger partial charge >= 0.3 is 5.97 Å². The van der Waals surface area contributed by atoms with Gasteiger partial charge in [-0.1, -0.05) is 45.7 Å². The van der Waals surface area contributed by atoms with Gasteiger partial charge in [-0.15, -0.1) is 0 Å². The first-order chi connectivity index (χ1) is 14.5. The number of halogens is 2. The number of nitrogens with one attached hydrogen (secondary N) is 1. The van der Waals surface area contributed by atoms with E-state index in [4.69, 9.17) is 16.3 Å². The van der Waals surface area contributed by atoms with Crippen molar-refractivity contribution >= 4 is 51.2 Å². The number of hydrogen-bond donors (Lipinski definition) is 1. The van der Waals surface area contributed by atoms with Crippen molar-refractivity contribution in [2.75, 3.05) is 5.32 Å². The maximum Gasteiger partial charge on any atom is 0.343 e. The molecule has 0 radical (unpaired) electrons. The van der Waals surface area contributed by atoms with Crippen LogP contribution in [0.5, 0.6) is 5.75 Å². The fraction of sp³-hybridized carbons (Fsp3) is 0. The molecule has 0 saturated carbocycles. The molecule has 0 heterocycles. The molecule has 7 heteroatoms. The smallest absolute Gasteiger partial charge is 0.343 e. The number of amides is 1. The molecule has 0 aliphatic heterocycles. The Balaban J connectivity index is 1.87. The third kappa shape index (κ3) is 5.57. The second-order valence-electron chi connectivity index (χ2n) is 6.07. The molecule has 0 fully saturated rings. The average Bonchev–Trinajstić information content (AvgIpc) is 2.75. The summed E-state index contributed by atoms with van der Waals surface area (Å²) in [5, 5.41) is 12.6. The molecular formula is C23H14BrClN2O3. The highest BCUT2D eigenvalue weighted by Gasteiger charge is 2.14. The summed E-state index contributed by atoms with van der Waals surface area (Å²) in [6.45, 7) is 0. The molecule has 30 heavy (non-hydrogen) atoms. The van der Waals surface area contributed by atoms with E-state index in [0.29, 0.717) is 26.3 Å². The summed E-state index contributed by atoms with van der Waals surface area (Å²) >= 11 is 9.19. The molecule has 3 aromatic carbocycles. The molecule has 0 aliphatic carbocycles. The van der Waals surface area contributed by atoms with E-state index in [2.05, 4.69) is 21.2 Å². The van der Waals surface area contributed by atoms with Crippen LogP contribution < -0.4 is 10.1 Å². The largest absolute Gasteiger partial charge is 0.422 e. The monoisotopic (exact) mass is 480 g/mol. The van der Waals surface area contributed by atoms with Crippen LogP contribution in [0, 0.1) is 11.3 Å². The van der Waals surface area contributed by atoms with E-state index in [1.54, 1.807) is 72.8 Å². The van der Waals surface area contributed by atoms with Gasteiger partial charge in [-0.3, -0.25) is 4.79 Å². The van der Waals surface area contributed by atoms with Crippen LogP contribution in [0.2, 0.25) is 5.02 Å². The predicted molar refractivity (Wildman–Crippen MR) is 119 cm³/mol. The molecule has 1 amide bonds. The third-order valence-corrected chi connectivity index (χ3v) is 4.70. The van der Waals surface area contributed by atoms with Gasteiger partial charge in [0.1, 0.15) is 17.4 Å². The number of benzene rings is 3. The lowest BCUT2D eigenvalue weighted by atomic mass is 10.1. The van der Waals surface area contributed by atoms with Gasteiger partial charge in [-0.2, -0.15) is 5.26 Å². The first-order valence-electron chi connectivity index (χ1n) is 8.72. The van der Waals surface area contributed by atoms with Crippen molar-refractivity contribution in [3.63, 3.8) is 0 Å². The van der Waals surface area contributed by atoms with Crippen molar-refractivity contribution in [3.05, 3.63) is 99.0 Å². The molecule has 0 spiro atoms. The Labute approximate surface area is 186 Å². The first kappa shape index (κ1) is 21.3. The molecule has 3 aromatic rings. The lowest BCUT2D eigenvalue weighted by Gasteiger charge is -2.09. The molecule has 0 saturated heterocycles. The summed E-state index contributed by atoms with van der Waals surface area (Å²) in [7, 11) is 0. The minimum atomic E-state index is -0.597. The molecule has 0 atom stereocenters. The third-order valence-electron chi connectivity index (χ3n) is 3.95. The van der Waals surface area contributed by atoms with Gasteiger partial charge in [0.2, 0.25) is 0 Å². The van der Waals surface area contributed by atoms with Gasteiger partial charge < -0.3 is 10.1 Å². The Morgan fingerprint density at radius 1 is 1.03 bits per heavy atom. The topological polar surface area (TPSA) is 79.2 Å². The summed E-state index contributed by atoms with van der Waals surface area (Å²) in [5.74, 6) is -0.920. The zero-order valence-corrected chi connectivity index (χ0v) is 17.8. The standard InChI is InChI=1S/C23H14BrClN2O3/c24-18-6-11-21(30-23(29)15-4-2-1-3-5-15)16(13-18)12-17(14-26)22(28)27-20-9-7-19(25)8-10-20/h1-13H,(H,27,28)/b17-12+. The number of ether oxygens (including phenoxy) is 1. The van der Waals surface area contributed by atoms with E-state index >= 15 is 0 Å². The van der Waals surface area contributed by atoms with E-state index in [1.165, 1.54) is 6.08 Å².